The third-order valence-corrected chi connectivity index (χ3v) is 8.16. The molecule has 2 fully saturated rings. The van der Waals surface area contributed by atoms with Gasteiger partial charge in [-0.3, -0.25) is 9.59 Å². The highest BCUT2D eigenvalue weighted by atomic mass is 35.5. The van der Waals surface area contributed by atoms with E-state index >= 15 is 4.39 Å². The van der Waals surface area contributed by atoms with Gasteiger partial charge in [-0.15, -0.1) is 0 Å². The molecule has 1 aromatic heterocycles. The lowest BCUT2D eigenvalue weighted by atomic mass is 9.79. The summed E-state index contributed by atoms with van der Waals surface area (Å²) < 4.78 is 17.2. The van der Waals surface area contributed by atoms with E-state index in [0.717, 1.165) is 38.1 Å². The van der Waals surface area contributed by atoms with Crippen molar-refractivity contribution in [1.82, 2.24) is 19.4 Å². The Labute approximate surface area is 209 Å². The second kappa shape index (κ2) is 8.89. The van der Waals surface area contributed by atoms with Gasteiger partial charge in [0.15, 0.2) is 0 Å². The molecule has 0 spiro atoms. The Hall–Kier alpha value is -2.45. The van der Waals surface area contributed by atoms with Gasteiger partial charge in [0.2, 0.25) is 0 Å². The fourth-order valence-corrected chi connectivity index (χ4v) is 5.74. The summed E-state index contributed by atoms with van der Waals surface area (Å²) in [5.74, 6) is -0.191. The van der Waals surface area contributed by atoms with Crippen molar-refractivity contribution in [2.24, 2.45) is 5.41 Å². The van der Waals surface area contributed by atoms with Crippen LogP contribution in [0.3, 0.4) is 0 Å². The van der Waals surface area contributed by atoms with Gasteiger partial charge >= 0.3 is 0 Å². The number of halogens is 2. The number of fused-ring (bicyclic) bond motifs is 1. The number of benzene rings is 1. The number of amides is 2. The number of aryl methyl sites for hydroxylation is 1. The minimum atomic E-state index is -1.20. The maximum Gasteiger partial charge on any atom is 0.254 e. The lowest BCUT2D eigenvalue weighted by Gasteiger charge is -2.35. The molecule has 1 aromatic carbocycles. The van der Waals surface area contributed by atoms with Gasteiger partial charge < -0.3 is 19.5 Å². The van der Waals surface area contributed by atoms with E-state index in [0.29, 0.717) is 55.4 Å². The summed E-state index contributed by atoms with van der Waals surface area (Å²) in [6, 6.07) is 4.44. The molecular formula is C26H32ClFN4O3. The molecule has 1 saturated carbocycles. The number of piperazine rings is 1. The first-order valence-corrected chi connectivity index (χ1v) is 12.9. The average molecular weight is 503 g/mol. The number of aromatic nitrogens is 2. The van der Waals surface area contributed by atoms with Crippen LogP contribution in [0.5, 0.6) is 0 Å². The summed E-state index contributed by atoms with van der Waals surface area (Å²) in [4.78, 5) is 33.2. The minimum absolute atomic E-state index is 0.156. The van der Waals surface area contributed by atoms with Gasteiger partial charge in [-0.2, -0.15) is 0 Å². The molecule has 2 aromatic rings. The van der Waals surface area contributed by atoms with Crippen LogP contribution in [0.2, 0.25) is 5.15 Å². The molecular weight excluding hydrogens is 471 g/mol. The van der Waals surface area contributed by atoms with Crippen LogP contribution in [0.1, 0.15) is 62.1 Å². The minimum Gasteiger partial charge on any atom is -0.380 e. The number of aliphatic hydroxyl groups is 1. The molecule has 5 rings (SSSR count). The summed E-state index contributed by atoms with van der Waals surface area (Å²) >= 11 is 6.68. The standard InChI is InChI=1S/C26H32ClFN4O3/c1-3-7-25(2)8-6-20-29-21(22(27)32(20)16-25)18-5-4-17(15-19(18)28)23(33)30-11-13-31(14-12-30)24(34)26(35)9-10-26/h4-5,15,35H,3,6-14,16H2,1-2H3. The Morgan fingerprint density at radius 2 is 1.83 bits per heavy atom. The molecule has 35 heavy (non-hydrogen) atoms. The van der Waals surface area contributed by atoms with Crippen molar-refractivity contribution in [2.45, 2.75) is 64.5 Å². The molecule has 2 aliphatic heterocycles. The SMILES string of the molecule is CCCC1(C)CCc2nc(-c3ccc(C(=O)N4CCN(C(=O)C5(O)CC5)CC4)cc3F)c(Cl)n2C1. The van der Waals surface area contributed by atoms with Gasteiger partial charge in [-0.1, -0.05) is 31.9 Å². The van der Waals surface area contributed by atoms with E-state index in [4.69, 9.17) is 11.6 Å². The van der Waals surface area contributed by atoms with E-state index in [9.17, 15) is 14.7 Å². The topological polar surface area (TPSA) is 78.7 Å². The molecule has 0 radical (unpaired) electrons. The molecule has 9 heteroatoms. The Kier molecular flexibility index (Phi) is 6.16. The Bertz CT molecular complexity index is 1170. The third kappa shape index (κ3) is 4.47. The zero-order valence-electron chi connectivity index (χ0n) is 20.3. The first-order valence-electron chi connectivity index (χ1n) is 12.5. The molecule has 188 valence electrons. The van der Waals surface area contributed by atoms with Crippen LogP contribution < -0.4 is 0 Å². The van der Waals surface area contributed by atoms with Gasteiger partial charge in [-0.25, -0.2) is 9.37 Å². The number of rotatable bonds is 5. The van der Waals surface area contributed by atoms with E-state index < -0.39 is 11.4 Å². The van der Waals surface area contributed by atoms with E-state index in [-0.39, 0.29) is 22.8 Å². The summed E-state index contributed by atoms with van der Waals surface area (Å²) in [7, 11) is 0. The normalized spacial score (nSPS) is 23.2. The van der Waals surface area contributed by atoms with E-state index in [2.05, 4.69) is 18.8 Å². The zero-order valence-corrected chi connectivity index (χ0v) is 21.1. The maximum atomic E-state index is 15.2. The van der Waals surface area contributed by atoms with E-state index in [1.165, 1.54) is 6.07 Å². The molecule has 7 nitrogen and oxygen atoms in total. The second-order valence-corrected chi connectivity index (χ2v) is 11.0. The molecule has 0 bridgehead atoms. The lowest BCUT2D eigenvalue weighted by molar-refractivity contribution is -0.143. The highest BCUT2D eigenvalue weighted by Gasteiger charge is 2.50. The highest BCUT2D eigenvalue weighted by Crippen LogP contribution is 2.40. The Balaban J connectivity index is 1.30. The van der Waals surface area contributed by atoms with Gasteiger partial charge in [-0.05, 0) is 49.3 Å². The van der Waals surface area contributed by atoms with Crippen LogP contribution >= 0.6 is 11.6 Å². The maximum absolute atomic E-state index is 15.2. The quantitative estimate of drug-likeness (QED) is 0.672. The fraction of sp³-hybridized carbons (Fsp3) is 0.577. The monoisotopic (exact) mass is 502 g/mol. The Morgan fingerprint density at radius 1 is 1.14 bits per heavy atom. The Morgan fingerprint density at radius 3 is 2.46 bits per heavy atom. The third-order valence-electron chi connectivity index (χ3n) is 7.78. The van der Waals surface area contributed by atoms with Crippen LogP contribution in [0.15, 0.2) is 18.2 Å². The van der Waals surface area contributed by atoms with Gasteiger partial charge in [0, 0.05) is 50.3 Å². The number of carbonyl (C=O) groups is 2. The molecule has 1 unspecified atom stereocenters. The summed E-state index contributed by atoms with van der Waals surface area (Å²) in [6.45, 7) is 6.63. The van der Waals surface area contributed by atoms with Crippen LogP contribution in [0, 0.1) is 11.2 Å². The van der Waals surface area contributed by atoms with Gasteiger partial charge in [0.1, 0.15) is 28.1 Å². The largest absolute Gasteiger partial charge is 0.380 e. The molecule has 1 aliphatic carbocycles. The molecule has 3 heterocycles. The molecule has 1 N–H and O–H groups in total. The van der Waals surface area contributed by atoms with Crippen LogP contribution in [0.4, 0.5) is 4.39 Å². The van der Waals surface area contributed by atoms with Crippen molar-refractivity contribution in [2.75, 3.05) is 26.2 Å². The van der Waals surface area contributed by atoms with Crippen molar-refractivity contribution in [3.05, 3.63) is 40.6 Å². The second-order valence-electron chi connectivity index (χ2n) is 10.6. The predicted molar refractivity (Wildman–Crippen MR) is 131 cm³/mol. The number of imidazole rings is 1. The lowest BCUT2D eigenvalue weighted by Crippen LogP contribution is -2.53. The van der Waals surface area contributed by atoms with E-state index in [1.807, 2.05) is 4.57 Å². The van der Waals surface area contributed by atoms with Crippen LogP contribution in [-0.4, -0.2) is 68.1 Å². The van der Waals surface area contributed by atoms with Gasteiger partial charge in [0.05, 0.1) is 0 Å². The summed E-state index contributed by atoms with van der Waals surface area (Å²) in [6.07, 6.45) is 5.03. The highest BCUT2D eigenvalue weighted by molar-refractivity contribution is 6.32. The van der Waals surface area contributed by atoms with Crippen molar-refractivity contribution < 1.29 is 19.1 Å². The first-order chi connectivity index (χ1) is 16.6. The number of hydrogen-bond acceptors (Lipinski definition) is 4. The first kappa shape index (κ1) is 24.3. The zero-order chi connectivity index (χ0) is 25.0. The smallest absolute Gasteiger partial charge is 0.254 e. The van der Waals surface area contributed by atoms with Crippen LogP contribution in [-0.2, 0) is 17.8 Å². The van der Waals surface area contributed by atoms with Crippen LogP contribution in [0.25, 0.3) is 11.3 Å². The number of hydrogen-bond donors (Lipinski definition) is 1. The summed E-state index contributed by atoms with van der Waals surface area (Å²) in [5, 5.41) is 10.5. The van der Waals surface area contributed by atoms with Crippen molar-refractivity contribution in [3.63, 3.8) is 0 Å². The van der Waals surface area contributed by atoms with Crippen molar-refractivity contribution in [3.8, 4) is 11.3 Å². The number of carbonyl (C=O) groups excluding carboxylic acids is 2. The van der Waals surface area contributed by atoms with Gasteiger partial charge in [0.25, 0.3) is 11.8 Å². The van der Waals surface area contributed by atoms with E-state index in [1.54, 1.807) is 21.9 Å². The molecule has 1 atom stereocenters. The molecule has 1 saturated heterocycles. The fourth-order valence-electron chi connectivity index (χ4n) is 5.44. The number of nitrogens with zero attached hydrogens (tertiary/aromatic N) is 4. The molecule has 2 amide bonds. The molecule has 3 aliphatic rings. The van der Waals surface area contributed by atoms with Crippen molar-refractivity contribution >= 4 is 23.4 Å². The average Bonchev–Trinajstić information content (AvgIpc) is 3.53. The van der Waals surface area contributed by atoms with Crippen molar-refractivity contribution in [1.29, 1.82) is 0 Å². The summed E-state index contributed by atoms with van der Waals surface area (Å²) in [5.41, 5.74) is -0.0818. The predicted octanol–water partition coefficient (Wildman–Crippen LogP) is 3.90.